The fourth-order valence-corrected chi connectivity index (χ4v) is 3.34. The summed E-state index contributed by atoms with van der Waals surface area (Å²) in [6, 6.07) is 8.98. The third-order valence-electron chi connectivity index (χ3n) is 2.73. The van der Waals surface area contributed by atoms with Crippen LogP contribution in [0.2, 0.25) is 0 Å². The molecule has 0 fully saturated rings. The van der Waals surface area contributed by atoms with E-state index < -0.39 is 11.6 Å². The Morgan fingerprint density at radius 2 is 1.32 bits per heavy atom. The Bertz CT molecular complexity index is 510. The highest BCUT2D eigenvalue weighted by atomic mass is 79.9. The van der Waals surface area contributed by atoms with Crippen LogP contribution in [0.3, 0.4) is 0 Å². The zero-order chi connectivity index (χ0) is 14.0. The summed E-state index contributed by atoms with van der Waals surface area (Å²) < 4.78 is 28.4. The molecule has 0 heterocycles. The van der Waals surface area contributed by atoms with Crippen LogP contribution in [0, 0.1) is 11.6 Å². The molecule has 0 aliphatic heterocycles. The van der Waals surface area contributed by atoms with E-state index in [1.807, 2.05) is 18.2 Å². The van der Waals surface area contributed by atoms with Crippen LogP contribution in [-0.2, 0) is 0 Å². The molecule has 1 atom stereocenters. The molecule has 2 aromatic carbocycles. The maximum absolute atomic E-state index is 13.3. The minimum Gasteiger partial charge on any atom is -0.309 e. The first-order chi connectivity index (χ1) is 8.99. The lowest BCUT2D eigenvalue weighted by Crippen LogP contribution is -2.18. The number of nitrogens with one attached hydrogen (secondary N) is 1. The number of halogens is 4. The summed E-state index contributed by atoms with van der Waals surface area (Å²) in [7, 11) is 1.75. The number of benzene rings is 2. The Morgan fingerprint density at radius 3 is 1.79 bits per heavy atom. The molecular formula is C14H11Br2F2N. The summed E-state index contributed by atoms with van der Waals surface area (Å²) in [5.74, 6) is -1.16. The molecule has 0 radical (unpaired) electrons. The molecule has 0 saturated carbocycles. The molecule has 0 saturated heterocycles. The smallest absolute Gasteiger partial charge is 0.126 e. The summed E-state index contributed by atoms with van der Waals surface area (Å²) in [6.45, 7) is 0. The van der Waals surface area contributed by atoms with Gasteiger partial charge >= 0.3 is 0 Å². The van der Waals surface area contributed by atoms with Gasteiger partial charge in [0.1, 0.15) is 11.6 Å². The Labute approximate surface area is 127 Å². The topological polar surface area (TPSA) is 12.0 Å². The van der Waals surface area contributed by atoms with Gasteiger partial charge < -0.3 is 5.32 Å². The van der Waals surface area contributed by atoms with Crippen molar-refractivity contribution < 1.29 is 8.78 Å². The predicted molar refractivity (Wildman–Crippen MR) is 79.1 cm³/mol. The molecule has 2 aromatic rings. The standard InChI is InChI=1S/C14H11Br2F2N/c1-19-14(8-2-10(15)6-11(16)3-8)9-4-12(17)7-13(18)5-9/h2-7,14,19H,1H3. The second-order valence-corrected chi connectivity index (χ2v) is 5.96. The molecule has 0 aliphatic carbocycles. The van der Waals surface area contributed by atoms with E-state index in [0.29, 0.717) is 5.56 Å². The first-order valence-corrected chi connectivity index (χ1v) is 7.17. The lowest BCUT2D eigenvalue weighted by atomic mass is 9.99. The largest absolute Gasteiger partial charge is 0.309 e. The van der Waals surface area contributed by atoms with E-state index >= 15 is 0 Å². The van der Waals surface area contributed by atoms with Crippen molar-refractivity contribution >= 4 is 31.9 Å². The molecule has 0 spiro atoms. The first kappa shape index (κ1) is 14.6. The highest BCUT2D eigenvalue weighted by Gasteiger charge is 2.15. The van der Waals surface area contributed by atoms with E-state index in [9.17, 15) is 8.78 Å². The summed E-state index contributed by atoms with van der Waals surface area (Å²) in [5, 5.41) is 3.07. The van der Waals surface area contributed by atoms with E-state index in [4.69, 9.17) is 0 Å². The fraction of sp³-hybridized carbons (Fsp3) is 0.143. The van der Waals surface area contributed by atoms with Gasteiger partial charge in [0, 0.05) is 15.0 Å². The summed E-state index contributed by atoms with van der Waals surface area (Å²) >= 11 is 6.81. The number of hydrogen-bond donors (Lipinski definition) is 1. The SMILES string of the molecule is CNC(c1cc(F)cc(F)c1)c1cc(Br)cc(Br)c1. The number of rotatable bonds is 3. The van der Waals surface area contributed by atoms with Crippen molar-refractivity contribution in [3.8, 4) is 0 Å². The van der Waals surface area contributed by atoms with Crippen molar-refractivity contribution in [3.05, 3.63) is 68.1 Å². The third kappa shape index (κ3) is 3.61. The van der Waals surface area contributed by atoms with E-state index in [2.05, 4.69) is 37.2 Å². The second-order valence-electron chi connectivity index (χ2n) is 4.13. The molecule has 5 heteroatoms. The van der Waals surface area contributed by atoms with Gasteiger partial charge in [0.15, 0.2) is 0 Å². The van der Waals surface area contributed by atoms with E-state index in [1.165, 1.54) is 12.1 Å². The van der Waals surface area contributed by atoms with Crippen molar-refractivity contribution in [2.75, 3.05) is 7.05 Å². The van der Waals surface area contributed by atoms with E-state index in [0.717, 1.165) is 20.6 Å². The van der Waals surface area contributed by atoms with Gasteiger partial charge in [-0.25, -0.2) is 8.78 Å². The van der Waals surface area contributed by atoms with Crippen molar-refractivity contribution in [1.82, 2.24) is 5.32 Å². The minimum atomic E-state index is -0.579. The average molecular weight is 391 g/mol. The Balaban J connectivity index is 2.49. The molecular weight excluding hydrogens is 380 g/mol. The minimum absolute atomic E-state index is 0.279. The summed E-state index contributed by atoms with van der Waals surface area (Å²) in [4.78, 5) is 0. The Hall–Kier alpha value is -0.780. The lowest BCUT2D eigenvalue weighted by molar-refractivity contribution is 0.571. The highest BCUT2D eigenvalue weighted by Crippen LogP contribution is 2.28. The molecule has 100 valence electrons. The monoisotopic (exact) mass is 389 g/mol. The summed E-state index contributed by atoms with van der Waals surface area (Å²) in [5.41, 5.74) is 1.46. The van der Waals surface area contributed by atoms with Gasteiger partial charge in [0.05, 0.1) is 6.04 Å². The molecule has 0 amide bonds. The zero-order valence-electron chi connectivity index (χ0n) is 10.1. The maximum Gasteiger partial charge on any atom is 0.126 e. The summed E-state index contributed by atoms with van der Waals surface area (Å²) in [6.07, 6.45) is 0. The molecule has 0 aliphatic rings. The molecule has 1 N–H and O–H groups in total. The van der Waals surface area contributed by atoms with Gasteiger partial charge in [0.2, 0.25) is 0 Å². The van der Waals surface area contributed by atoms with Gasteiger partial charge in [-0.05, 0) is 48.5 Å². The predicted octanol–water partition coefficient (Wildman–Crippen LogP) is 4.80. The van der Waals surface area contributed by atoms with Crippen LogP contribution < -0.4 is 5.32 Å². The van der Waals surface area contributed by atoms with Crippen LogP contribution >= 0.6 is 31.9 Å². The normalized spacial score (nSPS) is 12.5. The van der Waals surface area contributed by atoms with Gasteiger partial charge in [-0.15, -0.1) is 0 Å². The van der Waals surface area contributed by atoms with Crippen LogP contribution in [0.25, 0.3) is 0 Å². The first-order valence-electron chi connectivity index (χ1n) is 5.59. The third-order valence-corrected chi connectivity index (χ3v) is 3.64. The van der Waals surface area contributed by atoms with Crippen molar-refractivity contribution in [3.63, 3.8) is 0 Å². The van der Waals surface area contributed by atoms with Crippen molar-refractivity contribution in [1.29, 1.82) is 0 Å². The quantitative estimate of drug-likeness (QED) is 0.793. The van der Waals surface area contributed by atoms with Crippen LogP contribution in [0.15, 0.2) is 45.3 Å². The van der Waals surface area contributed by atoms with Crippen LogP contribution in [0.5, 0.6) is 0 Å². The molecule has 19 heavy (non-hydrogen) atoms. The maximum atomic E-state index is 13.3. The van der Waals surface area contributed by atoms with Crippen LogP contribution in [0.1, 0.15) is 17.2 Å². The lowest BCUT2D eigenvalue weighted by Gasteiger charge is -2.18. The fourth-order valence-electron chi connectivity index (χ4n) is 2.01. The second kappa shape index (κ2) is 6.11. The molecule has 1 nitrogen and oxygen atoms in total. The van der Waals surface area contributed by atoms with Gasteiger partial charge in [-0.1, -0.05) is 31.9 Å². The van der Waals surface area contributed by atoms with Gasteiger partial charge in [-0.3, -0.25) is 0 Å². The Morgan fingerprint density at radius 1 is 0.842 bits per heavy atom. The molecule has 2 rings (SSSR count). The zero-order valence-corrected chi connectivity index (χ0v) is 13.2. The molecule has 1 unspecified atom stereocenters. The van der Waals surface area contributed by atoms with E-state index in [1.54, 1.807) is 7.05 Å². The van der Waals surface area contributed by atoms with Crippen LogP contribution in [-0.4, -0.2) is 7.05 Å². The van der Waals surface area contributed by atoms with Crippen molar-refractivity contribution in [2.45, 2.75) is 6.04 Å². The van der Waals surface area contributed by atoms with Gasteiger partial charge in [0.25, 0.3) is 0 Å². The van der Waals surface area contributed by atoms with E-state index in [-0.39, 0.29) is 6.04 Å². The van der Waals surface area contributed by atoms with Gasteiger partial charge in [-0.2, -0.15) is 0 Å². The molecule has 0 aromatic heterocycles. The van der Waals surface area contributed by atoms with Crippen molar-refractivity contribution in [2.24, 2.45) is 0 Å². The molecule has 0 bridgehead atoms. The Kier molecular flexibility index (Phi) is 4.71. The number of hydrogen-bond acceptors (Lipinski definition) is 1. The van der Waals surface area contributed by atoms with Crippen LogP contribution in [0.4, 0.5) is 8.78 Å². The highest BCUT2D eigenvalue weighted by molar-refractivity contribution is 9.11. The average Bonchev–Trinajstić information content (AvgIpc) is 2.27.